The number of carbonyl (C=O) groups excluding carboxylic acids is 1. The van der Waals surface area contributed by atoms with Crippen LogP contribution in [0.25, 0.3) is 0 Å². The Morgan fingerprint density at radius 1 is 0.612 bits per heavy atom. The number of rotatable bonds is 5. The molecule has 0 aromatic rings. The van der Waals surface area contributed by atoms with Crippen LogP contribution in [-0.4, -0.2) is 114 Å². The van der Waals surface area contributed by atoms with E-state index in [1.165, 1.54) is 77.3 Å². The van der Waals surface area contributed by atoms with Gasteiger partial charge < -0.3 is 19.3 Å². The zero-order valence-electron chi connectivity index (χ0n) is 34.9. The highest BCUT2D eigenvalue weighted by atomic mass is 16.6. The van der Waals surface area contributed by atoms with Crippen LogP contribution in [-0.2, 0) is 9.47 Å². The summed E-state index contributed by atoms with van der Waals surface area (Å²) in [5.74, 6) is 3.91. The summed E-state index contributed by atoms with van der Waals surface area (Å²) in [5, 5.41) is 0. The zero-order chi connectivity index (χ0) is 36.7. The highest BCUT2D eigenvalue weighted by Crippen LogP contribution is 2.31. The van der Waals surface area contributed by atoms with E-state index in [4.69, 9.17) is 9.47 Å². The van der Waals surface area contributed by atoms with Gasteiger partial charge in [0, 0.05) is 57.4 Å². The van der Waals surface area contributed by atoms with Crippen LogP contribution < -0.4 is 0 Å². The number of ether oxygens (including phenoxy) is 2. The lowest BCUT2D eigenvalue weighted by Gasteiger charge is -2.42. The number of likely N-dealkylation sites (tertiary alicyclic amines) is 1. The van der Waals surface area contributed by atoms with Crippen molar-refractivity contribution in [2.75, 3.05) is 52.4 Å². The highest BCUT2D eigenvalue weighted by Gasteiger charge is 2.30. The summed E-state index contributed by atoms with van der Waals surface area (Å²) in [6.45, 7) is 36.7. The van der Waals surface area contributed by atoms with E-state index in [1.54, 1.807) is 4.90 Å². The Hall–Kier alpha value is -0.890. The van der Waals surface area contributed by atoms with Crippen molar-refractivity contribution in [3.63, 3.8) is 0 Å². The molecule has 7 heteroatoms. The van der Waals surface area contributed by atoms with Gasteiger partial charge >= 0.3 is 6.09 Å². The van der Waals surface area contributed by atoms with Crippen molar-refractivity contribution in [1.29, 1.82) is 0 Å². The fourth-order valence-corrected chi connectivity index (χ4v) is 7.89. The highest BCUT2D eigenvalue weighted by molar-refractivity contribution is 5.68. The smallest absolute Gasteiger partial charge is 0.410 e. The number of amides is 1. The molecule has 7 nitrogen and oxygen atoms in total. The molecule has 2 aliphatic carbocycles. The lowest BCUT2D eigenvalue weighted by atomic mass is 9.82. The standard InChI is InChI=1S/C12H24N2O2.C12H23N.C9H19NO.C9H18/c1-10(2)13-6-8-14(9-7-13)11(15)16-12(3,4)5;1-10(2)11-6-8-13(9-7-11)12-4-3-5-12;1-7(2)10-5-8(3)11-9(4)6-10;1-8(2)9-6-4-3-5-7-9/h10H,6-9H2,1-5H3;10-12H,3-9H2,1-2H3;7-9H,5-6H2,1-4H3;8-9H,3-7H2,1-2H3/t;;8-,9+;. The first kappa shape index (κ1) is 44.3. The Bertz CT molecular complexity index is 852. The molecule has 3 saturated heterocycles. The van der Waals surface area contributed by atoms with Crippen molar-refractivity contribution in [2.24, 2.45) is 23.7 Å². The number of hydrogen-bond acceptors (Lipinski definition) is 6. The Balaban J connectivity index is 0.000000231. The first-order chi connectivity index (χ1) is 23.0. The predicted molar refractivity (Wildman–Crippen MR) is 209 cm³/mol. The summed E-state index contributed by atoms with van der Waals surface area (Å²) in [4.78, 5) is 21.2. The van der Waals surface area contributed by atoms with Crippen molar-refractivity contribution in [3.05, 3.63) is 0 Å². The molecule has 49 heavy (non-hydrogen) atoms. The summed E-state index contributed by atoms with van der Waals surface area (Å²) in [6.07, 6.45) is 15.4. The number of piperazine rings is 1. The van der Waals surface area contributed by atoms with E-state index >= 15 is 0 Å². The van der Waals surface area contributed by atoms with Gasteiger partial charge in [-0.1, -0.05) is 66.2 Å². The minimum absolute atomic E-state index is 0.184. The molecule has 0 radical (unpaired) electrons. The molecule has 3 heterocycles. The van der Waals surface area contributed by atoms with E-state index in [0.29, 0.717) is 24.3 Å². The summed E-state index contributed by atoms with van der Waals surface area (Å²) < 4.78 is 11.0. The average molecular weight is 693 g/mol. The van der Waals surface area contributed by atoms with Gasteiger partial charge in [0.25, 0.3) is 0 Å². The average Bonchev–Trinajstić information content (AvgIpc) is 3.00. The molecule has 3 aliphatic heterocycles. The van der Waals surface area contributed by atoms with E-state index in [-0.39, 0.29) is 6.09 Å². The van der Waals surface area contributed by atoms with Crippen molar-refractivity contribution in [2.45, 2.75) is 190 Å². The van der Waals surface area contributed by atoms with Crippen LogP contribution in [0.3, 0.4) is 0 Å². The molecule has 0 spiro atoms. The van der Waals surface area contributed by atoms with Gasteiger partial charge in [-0.2, -0.15) is 0 Å². The fraction of sp³-hybridized carbons (Fsp3) is 0.976. The molecule has 2 atom stereocenters. The normalized spacial score (nSPS) is 25.6. The number of carbonyl (C=O) groups is 1. The first-order valence-electron chi connectivity index (χ1n) is 20.8. The second-order valence-electron chi connectivity index (χ2n) is 18.2. The van der Waals surface area contributed by atoms with Gasteiger partial charge in [0.15, 0.2) is 0 Å². The molecular weight excluding hydrogens is 608 g/mol. The van der Waals surface area contributed by atoms with Crippen molar-refractivity contribution in [1.82, 2.24) is 19.6 Å². The Morgan fingerprint density at radius 2 is 1.08 bits per heavy atom. The van der Waals surface area contributed by atoms with Crippen molar-refractivity contribution < 1.29 is 14.3 Å². The lowest BCUT2D eigenvalue weighted by Crippen LogP contribution is -2.51. The molecule has 1 amide bonds. The summed E-state index contributed by atoms with van der Waals surface area (Å²) in [7, 11) is 0. The Morgan fingerprint density at radius 3 is 1.45 bits per heavy atom. The number of nitrogens with zero attached hydrogens (tertiary/aromatic N) is 4. The topological polar surface area (TPSA) is 48.5 Å². The summed E-state index contributed by atoms with van der Waals surface area (Å²) >= 11 is 0. The summed E-state index contributed by atoms with van der Waals surface area (Å²) in [6, 6.07) is 2.19. The van der Waals surface area contributed by atoms with E-state index < -0.39 is 5.60 Å². The lowest BCUT2D eigenvalue weighted by molar-refractivity contribution is -0.0764. The molecule has 0 bridgehead atoms. The maximum absolute atomic E-state index is 11.8. The molecule has 2 saturated carbocycles. The maximum atomic E-state index is 11.8. The van der Waals surface area contributed by atoms with Crippen molar-refractivity contribution in [3.8, 4) is 0 Å². The van der Waals surface area contributed by atoms with Crippen LogP contribution in [0.1, 0.15) is 154 Å². The van der Waals surface area contributed by atoms with E-state index in [1.807, 2.05) is 20.8 Å². The molecule has 0 aromatic carbocycles. The molecule has 0 N–H and O–H groups in total. The van der Waals surface area contributed by atoms with Gasteiger partial charge in [0.05, 0.1) is 12.2 Å². The summed E-state index contributed by atoms with van der Waals surface area (Å²) in [5.41, 5.74) is -0.397. The number of morpholine rings is 1. The van der Waals surface area contributed by atoms with Gasteiger partial charge in [-0.25, -0.2) is 4.79 Å². The van der Waals surface area contributed by atoms with Crippen LogP contribution >= 0.6 is 0 Å². The molecule has 0 unspecified atom stereocenters. The first-order valence-corrected chi connectivity index (χ1v) is 20.8. The second-order valence-corrected chi connectivity index (χ2v) is 18.2. The van der Waals surface area contributed by atoms with E-state index in [9.17, 15) is 4.79 Å². The van der Waals surface area contributed by atoms with Crippen LogP contribution in [0.15, 0.2) is 0 Å². The van der Waals surface area contributed by atoms with Gasteiger partial charge in [0.2, 0.25) is 0 Å². The third kappa shape index (κ3) is 17.5. The van der Waals surface area contributed by atoms with E-state index in [0.717, 1.165) is 69.0 Å². The van der Waals surface area contributed by atoms with Crippen LogP contribution in [0.4, 0.5) is 4.79 Å². The zero-order valence-corrected chi connectivity index (χ0v) is 34.9. The SMILES string of the molecule is CC(C)C1CCCCC1.CC(C)C1CCN(C2CCC2)CC1.CC(C)N1CCN(C(=O)OC(C)(C)C)CC1.CC(C)N1C[C@@H](C)O[C@@H](C)C1. The predicted octanol–water partition coefficient (Wildman–Crippen LogP) is 9.58. The van der Waals surface area contributed by atoms with Crippen LogP contribution in [0.5, 0.6) is 0 Å². The van der Waals surface area contributed by atoms with Gasteiger partial charge in [-0.15, -0.1) is 0 Å². The molecule has 5 rings (SSSR count). The fourth-order valence-electron chi connectivity index (χ4n) is 7.89. The van der Waals surface area contributed by atoms with Crippen LogP contribution in [0.2, 0.25) is 0 Å². The molecule has 5 aliphatic rings. The molecular formula is C42H84N4O3. The van der Waals surface area contributed by atoms with Gasteiger partial charge in [-0.05, 0) is 125 Å². The monoisotopic (exact) mass is 693 g/mol. The Labute approximate surface area is 305 Å². The largest absolute Gasteiger partial charge is 0.444 e. The minimum atomic E-state index is -0.397. The maximum Gasteiger partial charge on any atom is 0.410 e. The van der Waals surface area contributed by atoms with Gasteiger partial charge in [-0.3, -0.25) is 9.80 Å². The van der Waals surface area contributed by atoms with Gasteiger partial charge in [0.1, 0.15) is 5.60 Å². The Kier molecular flexibility index (Phi) is 20.1. The molecule has 290 valence electrons. The quantitative estimate of drug-likeness (QED) is 0.286. The second kappa shape index (κ2) is 22.2. The van der Waals surface area contributed by atoms with E-state index in [2.05, 4.69) is 83.9 Å². The third-order valence-corrected chi connectivity index (χ3v) is 11.6. The molecule has 0 aromatic heterocycles. The number of hydrogen-bond donors (Lipinski definition) is 0. The van der Waals surface area contributed by atoms with Crippen LogP contribution in [0, 0.1) is 23.7 Å². The molecule has 5 fully saturated rings. The minimum Gasteiger partial charge on any atom is -0.444 e. The number of piperidine rings is 1. The third-order valence-electron chi connectivity index (χ3n) is 11.6. The van der Waals surface area contributed by atoms with Crippen molar-refractivity contribution >= 4 is 6.09 Å².